The zero-order chi connectivity index (χ0) is 17.2. The summed E-state index contributed by atoms with van der Waals surface area (Å²) in [5, 5.41) is -0.277. The van der Waals surface area contributed by atoms with Gasteiger partial charge in [-0.25, -0.2) is 8.42 Å². The number of hydrogen-bond donors (Lipinski definition) is 1. The van der Waals surface area contributed by atoms with E-state index >= 15 is 0 Å². The average Bonchev–Trinajstić information content (AvgIpc) is 2.61. The summed E-state index contributed by atoms with van der Waals surface area (Å²) < 4.78 is 27.9. The van der Waals surface area contributed by atoms with Crippen molar-refractivity contribution >= 4 is 21.6 Å². The maximum absolute atomic E-state index is 12.6. The second-order valence-corrected chi connectivity index (χ2v) is 8.77. The minimum Gasteiger partial charge on any atom is -0.338 e. The van der Waals surface area contributed by atoms with Crippen LogP contribution in [0, 0.1) is 0 Å². The van der Waals surface area contributed by atoms with Crippen molar-refractivity contribution in [2.75, 3.05) is 11.3 Å². The summed E-state index contributed by atoms with van der Waals surface area (Å²) in [5.74, 6) is 0.147. The van der Waals surface area contributed by atoms with Gasteiger partial charge in [-0.15, -0.1) is 0 Å². The molecule has 1 aliphatic heterocycles. The Bertz CT molecular complexity index is 709. The summed E-state index contributed by atoms with van der Waals surface area (Å²) in [6.45, 7) is 3.18. The van der Waals surface area contributed by atoms with Gasteiger partial charge in [-0.3, -0.25) is 9.52 Å². The molecule has 1 aliphatic carbocycles. The number of fused-ring (bicyclic) bond motifs is 1. The highest BCUT2D eigenvalue weighted by Crippen LogP contribution is 2.27. The van der Waals surface area contributed by atoms with Crippen LogP contribution >= 0.6 is 0 Å². The van der Waals surface area contributed by atoms with Crippen LogP contribution in [0.3, 0.4) is 0 Å². The molecule has 5 nitrogen and oxygen atoms in total. The van der Waals surface area contributed by atoms with E-state index in [0.717, 1.165) is 50.6 Å². The smallest absolute Gasteiger partial charge is 0.235 e. The van der Waals surface area contributed by atoms with Crippen LogP contribution in [-0.4, -0.2) is 31.0 Å². The summed E-state index contributed by atoms with van der Waals surface area (Å²) in [6, 6.07) is 5.73. The Balaban J connectivity index is 1.75. The Labute approximate surface area is 144 Å². The minimum atomic E-state index is -3.33. The second-order valence-electron chi connectivity index (χ2n) is 6.81. The molecular formula is C18H26N2O3S. The maximum atomic E-state index is 12.6. The molecule has 1 fully saturated rings. The van der Waals surface area contributed by atoms with Crippen molar-refractivity contribution in [3.05, 3.63) is 29.3 Å². The van der Waals surface area contributed by atoms with E-state index in [1.807, 2.05) is 30.0 Å². The predicted octanol–water partition coefficient (Wildman–Crippen LogP) is 3.06. The van der Waals surface area contributed by atoms with Gasteiger partial charge in [0.25, 0.3) is 0 Å². The van der Waals surface area contributed by atoms with Gasteiger partial charge in [0, 0.05) is 25.2 Å². The molecule has 0 unspecified atom stereocenters. The van der Waals surface area contributed by atoms with E-state index in [2.05, 4.69) is 4.72 Å². The highest BCUT2D eigenvalue weighted by molar-refractivity contribution is 7.93. The van der Waals surface area contributed by atoms with Crippen molar-refractivity contribution < 1.29 is 13.2 Å². The molecule has 0 saturated heterocycles. The first-order chi connectivity index (χ1) is 11.5. The number of hydrogen-bond acceptors (Lipinski definition) is 3. The van der Waals surface area contributed by atoms with Crippen LogP contribution in [0.15, 0.2) is 18.2 Å². The molecule has 1 aromatic carbocycles. The summed E-state index contributed by atoms with van der Waals surface area (Å²) in [6.07, 6.45) is 5.94. The molecule has 3 rings (SSSR count). The molecule has 0 bridgehead atoms. The Morgan fingerprint density at radius 1 is 1.21 bits per heavy atom. The molecule has 0 spiro atoms. The molecule has 6 heteroatoms. The number of carbonyl (C=O) groups is 1. The summed E-state index contributed by atoms with van der Waals surface area (Å²) in [7, 11) is -3.33. The van der Waals surface area contributed by atoms with Gasteiger partial charge in [0.15, 0.2) is 0 Å². The van der Waals surface area contributed by atoms with E-state index in [1.165, 1.54) is 5.56 Å². The number of nitrogens with one attached hydrogen (secondary N) is 1. The summed E-state index contributed by atoms with van der Waals surface area (Å²) in [5.41, 5.74) is 2.87. The van der Waals surface area contributed by atoms with Crippen LogP contribution in [0.4, 0.5) is 5.69 Å². The van der Waals surface area contributed by atoms with E-state index in [4.69, 9.17) is 0 Å². The predicted molar refractivity (Wildman–Crippen MR) is 95.3 cm³/mol. The minimum absolute atomic E-state index is 0.147. The van der Waals surface area contributed by atoms with E-state index < -0.39 is 10.0 Å². The monoisotopic (exact) mass is 350 g/mol. The fraction of sp³-hybridized carbons (Fsp3) is 0.611. The molecule has 0 atom stereocenters. The summed E-state index contributed by atoms with van der Waals surface area (Å²) >= 11 is 0. The molecule has 24 heavy (non-hydrogen) atoms. The third-order valence-corrected chi connectivity index (χ3v) is 6.99. The van der Waals surface area contributed by atoms with Crippen molar-refractivity contribution in [1.82, 2.24) is 4.90 Å². The van der Waals surface area contributed by atoms with Gasteiger partial charge in [0.2, 0.25) is 15.9 Å². The number of anilines is 1. The number of sulfonamides is 1. The topological polar surface area (TPSA) is 66.5 Å². The van der Waals surface area contributed by atoms with Crippen LogP contribution < -0.4 is 4.72 Å². The Morgan fingerprint density at radius 2 is 1.96 bits per heavy atom. The number of amides is 1. The zero-order valence-electron chi connectivity index (χ0n) is 14.3. The first-order valence-corrected chi connectivity index (χ1v) is 10.5. The van der Waals surface area contributed by atoms with Gasteiger partial charge in [-0.2, -0.15) is 0 Å². The summed E-state index contributed by atoms with van der Waals surface area (Å²) in [4.78, 5) is 13.8. The number of carbonyl (C=O) groups excluding carboxylic acids is 1. The number of nitrogens with zero attached hydrogens (tertiary/aromatic N) is 1. The molecular weight excluding hydrogens is 324 g/mol. The SMILES string of the molecule is CCC(=O)N1CCc2ccc(NS(=O)(=O)C3CCCCC3)cc2C1. The van der Waals surface area contributed by atoms with E-state index in [9.17, 15) is 13.2 Å². The molecule has 132 valence electrons. The Morgan fingerprint density at radius 3 is 2.67 bits per heavy atom. The first kappa shape index (κ1) is 17.3. The lowest BCUT2D eigenvalue weighted by atomic mass is 9.99. The van der Waals surface area contributed by atoms with E-state index in [-0.39, 0.29) is 11.2 Å². The van der Waals surface area contributed by atoms with Gasteiger partial charge in [-0.1, -0.05) is 32.3 Å². The number of rotatable bonds is 4. The molecule has 1 saturated carbocycles. The molecule has 1 heterocycles. The molecule has 0 aromatic heterocycles. The zero-order valence-corrected chi connectivity index (χ0v) is 15.1. The molecule has 1 amide bonds. The molecule has 0 radical (unpaired) electrons. The van der Waals surface area contributed by atoms with Crippen LogP contribution in [0.25, 0.3) is 0 Å². The standard InChI is InChI=1S/C18H26N2O3S/c1-2-18(21)20-11-10-14-8-9-16(12-15(14)13-20)19-24(22,23)17-6-4-3-5-7-17/h8-9,12,17,19H,2-7,10-11,13H2,1H3. The van der Waals surface area contributed by atoms with Crippen LogP contribution in [-0.2, 0) is 27.8 Å². The average molecular weight is 350 g/mol. The van der Waals surface area contributed by atoms with E-state index in [0.29, 0.717) is 18.7 Å². The van der Waals surface area contributed by atoms with Gasteiger partial charge in [0.1, 0.15) is 0 Å². The van der Waals surface area contributed by atoms with Crippen molar-refractivity contribution in [3.8, 4) is 0 Å². The normalized spacial score (nSPS) is 19.0. The third kappa shape index (κ3) is 3.74. The number of benzene rings is 1. The highest BCUT2D eigenvalue weighted by atomic mass is 32.2. The van der Waals surface area contributed by atoms with Crippen LogP contribution in [0.1, 0.15) is 56.6 Å². The largest absolute Gasteiger partial charge is 0.338 e. The highest BCUT2D eigenvalue weighted by Gasteiger charge is 2.27. The Kier molecular flexibility index (Phi) is 5.13. The second kappa shape index (κ2) is 7.13. The van der Waals surface area contributed by atoms with Crippen molar-refractivity contribution in [2.24, 2.45) is 0 Å². The lowest BCUT2D eigenvalue weighted by Crippen LogP contribution is -2.35. The van der Waals surface area contributed by atoms with Crippen LogP contribution in [0.5, 0.6) is 0 Å². The van der Waals surface area contributed by atoms with Gasteiger partial charge >= 0.3 is 0 Å². The van der Waals surface area contributed by atoms with Gasteiger partial charge in [-0.05, 0) is 42.5 Å². The van der Waals surface area contributed by atoms with E-state index in [1.54, 1.807) is 0 Å². The van der Waals surface area contributed by atoms with Gasteiger partial charge in [0.05, 0.1) is 5.25 Å². The quantitative estimate of drug-likeness (QED) is 0.907. The van der Waals surface area contributed by atoms with Crippen molar-refractivity contribution in [2.45, 2.75) is 63.7 Å². The third-order valence-electron chi connectivity index (χ3n) is 5.12. The van der Waals surface area contributed by atoms with Gasteiger partial charge < -0.3 is 4.90 Å². The lowest BCUT2D eigenvalue weighted by molar-refractivity contribution is -0.131. The first-order valence-electron chi connectivity index (χ1n) is 8.91. The maximum Gasteiger partial charge on any atom is 0.235 e. The lowest BCUT2D eigenvalue weighted by Gasteiger charge is -2.29. The van der Waals surface area contributed by atoms with Crippen molar-refractivity contribution in [3.63, 3.8) is 0 Å². The fourth-order valence-electron chi connectivity index (χ4n) is 3.68. The Hall–Kier alpha value is -1.56. The molecule has 1 aromatic rings. The molecule has 2 aliphatic rings. The molecule has 1 N–H and O–H groups in total. The van der Waals surface area contributed by atoms with Crippen LogP contribution in [0.2, 0.25) is 0 Å². The van der Waals surface area contributed by atoms with Crippen molar-refractivity contribution in [1.29, 1.82) is 0 Å². The fourth-order valence-corrected chi connectivity index (χ4v) is 5.26.